The van der Waals surface area contributed by atoms with Crippen molar-refractivity contribution in [1.29, 1.82) is 5.26 Å². The van der Waals surface area contributed by atoms with Crippen LogP contribution >= 0.6 is 0 Å². The van der Waals surface area contributed by atoms with E-state index in [-0.39, 0.29) is 17.8 Å². The highest BCUT2D eigenvalue weighted by Gasteiger charge is 2.24. The Bertz CT molecular complexity index is 646. The molecule has 1 saturated heterocycles. The number of anilines is 1. The minimum atomic E-state index is -0.361. The van der Waals surface area contributed by atoms with Crippen LogP contribution in [0.1, 0.15) is 49.4 Å². The lowest BCUT2D eigenvalue weighted by atomic mass is 9.95. The van der Waals surface area contributed by atoms with Gasteiger partial charge in [-0.3, -0.25) is 4.79 Å². The number of nitriles is 1. The number of carbonyl (C=O) groups is 2. The fourth-order valence-electron chi connectivity index (χ4n) is 2.99. The molecular formula is C20H27N3O3. The Kier molecular flexibility index (Phi) is 8.10. The standard InChI is InChI=1S/C20H27N3O3/c1-2-3-14-26-20(25)17-6-4-7-18(15-17)22-19(24)16-8-12-23(13-9-16)11-5-10-21/h4,6-7,15-16H,2-3,5,8-9,11-14H2,1H3,(H,22,24). The van der Waals surface area contributed by atoms with Gasteiger partial charge in [-0.2, -0.15) is 5.26 Å². The number of hydrogen-bond acceptors (Lipinski definition) is 5. The second kappa shape index (κ2) is 10.6. The molecule has 1 aromatic carbocycles. The van der Waals surface area contributed by atoms with Crippen molar-refractivity contribution in [3.63, 3.8) is 0 Å². The summed E-state index contributed by atoms with van der Waals surface area (Å²) >= 11 is 0. The smallest absolute Gasteiger partial charge is 0.338 e. The summed E-state index contributed by atoms with van der Waals surface area (Å²) in [6.45, 7) is 4.90. The Hall–Kier alpha value is -2.39. The van der Waals surface area contributed by atoms with Gasteiger partial charge in [-0.05, 0) is 50.6 Å². The number of unbranched alkanes of at least 4 members (excludes halogenated alkanes) is 1. The van der Waals surface area contributed by atoms with Crippen LogP contribution in [0.4, 0.5) is 5.69 Å². The first-order valence-electron chi connectivity index (χ1n) is 9.31. The fraction of sp³-hybridized carbons (Fsp3) is 0.550. The molecule has 0 radical (unpaired) electrons. The van der Waals surface area contributed by atoms with Crippen molar-refractivity contribution in [2.24, 2.45) is 5.92 Å². The molecule has 0 atom stereocenters. The van der Waals surface area contributed by atoms with E-state index in [2.05, 4.69) is 16.3 Å². The van der Waals surface area contributed by atoms with E-state index in [9.17, 15) is 9.59 Å². The SMILES string of the molecule is CCCCOC(=O)c1cccc(NC(=O)C2CCN(CCC#N)CC2)c1. The summed E-state index contributed by atoms with van der Waals surface area (Å²) in [7, 11) is 0. The summed E-state index contributed by atoms with van der Waals surface area (Å²) in [5.41, 5.74) is 1.07. The number of esters is 1. The van der Waals surface area contributed by atoms with E-state index in [4.69, 9.17) is 10.00 Å². The van der Waals surface area contributed by atoms with Crippen LogP contribution in [-0.4, -0.2) is 43.0 Å². The summed E-state index contributed by atoms with van der Waals surface area (Å²) in [4.78, 5) is 26.7. The molecule has 1 aliphatic heterocycles. The van der Waals surface area contributed by atoms with Crippen molar-refractivity contribution in [3.05, 3.63) is 29.8 Å². The average molecular weight is 357 g/mol. The molecule has 1 N–H and O–H groups in total. The van der Waals surface area contributed by atoms with Gasteiger partial charge < -0.3 is 15.0 Å². The van der Waals surface area contributed by atoms with Crippen LogP contribution in [0.15, 0.2) is 24.3 Å². The molecule has 0 saturated carbocycles. The Morgan fingerprint density at radius 3 is 2.81 bits per heavy atom. The Balaban J connectivity index is 1.85. The van der Waals surface area contributed by atoms with Crippen molar-refractivity contribution >= 4 is 17.6 Å². The largest absolute Gasteiger partial charge is 0.462 e. The van der Waals surface area contributed by atoms with Gasteiger partial charge in [-0.1, -0.05) is 19.4 Å². The second-order valence-electron chi connectivity index (χ2n) is 6.58. The van der Waals surface area contributed by atoms with E-state index in [0.29, 0.717) is 24.3 Å². The number of nitrogens with zero attached hydrogens (tertiary/aromatic N) is 2. The molecule has 1 aromatic rings. The third kappa shape index (κ3) is 6.16. The lowest BCUT2D eigenvalue weighted by molar-refractivity contribution is -0.121. The number of rotatable bonds is 8. The molecule has 0 unspecified atom stereocenters. The van der Waals surface area contributed by atoms with Crippen LogP contribution in [0, 0.1) is 17.2 Å². The molecule has 0 spiro atoms. The van der Waals surface area contributed by atoms with E-state index in [1.54, 1.807) is 24.3 Å². The minimum Gasteiger partial charge on any atom is -0.462 e. The first-order chi connectivity index (χ1) is 12.6. The average Bonchev–Trinajstić information content (AvgIpc) is 2.67. The molecule has 1 amide bonds. The van der Waals surface area contributed by atoms with Gasteiger partial charge in [-0.25, -0.2) is 4.79 Å². The lowest BCUT2D eigenvalue weighted by Crippen LogP contribution is -2.38. The summed E-state index contributed by atoms with van der Waals surface area (Å²) in [5.74, 6) is -0.407. The van der Waals surface area contributed by atoms with Crippen LogP contribution in [-0.2, 0) is 9.53 Å². The van der Waals surface area contributed by atoms with Gasteiger partial charge in [0.25, 0.3) is 0 Å². The van der Waals surface area contributed by atoms with Crippen LogP contribution in [0.3, 0.4) is 0 Å². The maximum atomic E-state index is 12.5. The topological polar surface area (TPSA) is 82.4 Å². The summed E-state index contributed by atoms with van der Waals surface area (Å²) in [6, 6.07) is 9.03. The van der Waals surface area contributed by atoms with E-state index in [0.717, 1.165) is 45.3 Å². The van der Waals surface area contributed by atoms with Gasteiger partial charge in [0.1, 0.15) is 0 Å². The normalized spacial score (nSPS) is 15.2. The molecule has 0 bridgehead atoms. The molecule has 0 aliphatic carbocycles. The predicted octanol–water partition coefficient (Wildman–Crippen LogP) is 3.21. The molecule has 1 aliphatic rings. The number of carbonyl (C=O) groups excluding carboxylic acids is 2. The first kappa shape index (κ1) is 19.9. The minimum absolute atomic E-state index is 0.0126. The summed E-state index contributed by atoms with van der Waals surface area (Å²) < 4.78 is 5.21. The van der Waals surface area contributed by atoms with E-state index < -0.39 is 0 Å². The van der Waals surface area contributed by atoms with Gasteiger partial charge in [0, 0.05) is 24.6 Å². The Morgan fingerprint density at radius 1 is 1.35 bits per heavy atom. The third-order valence-corrected chi connectivity index (χ3v) is 4.60. The van der Waals surface area contributed by atoms with Gasteiger partial charge in [-0.15, -0.1) is 0 Å². The highest BCUT2D eigenvalue weighted by molar-refractivity contribution is 5.95. The van der Waals surface area contributed by atoms with Crippen LogP contribution < -0.4 is 5.32 Å². The monoisotopic (exact) mass is 357 g/mol. The second-order valence-corrected chi connectivity index (χ2v) is 6.58. The molecule has 6 nitrogen and oxygen atoms in total. The molecule has 140 valence electrons. The molecule has 0 aromatic heterocycles. The van der Waals surface area contributed by atoms with Crippen LogP contribution in [0.2, 0.25) is 0 Å². The number of benzene rings is 1. The number of nitrogens with one attached hydrogen (secondary N) is 1. The summed E-state index contributed by atoms with van der Waals surface area (Å²) in [5, 5.41) is 11.6. The molecular weight excluding hydrogens is 330 g/mol. The van der Waals surface area contributed by atoms with Gasteiger partial charge in [0.15, 0.2) is 0 Å². The van der Waals surface area contributed by atoms with E-state index in [1.807, 2.05) is 6.92 Å². The highest BCUT2D eigenvalue weighted by atomic mass is 16.5. The lowest BCUT2D eigenvalue weighted by Gasteiger charge is -2.30. The zero-order valence-electron chi connectivity index (χ0n) is 15.4. The molecule has 1 fully saturated rings. The molecule has 6 heteroatoms. The number of piperidine rings is 1. The quantitative estimate of drug-likeness (QED) is 0.571. The van der Waals surface area contributed by atoms with Crippen LogP contribution in [0.5, 0.6) is 0 Å². The maximum Gasteiger partial charge on any atom is 0.338 e. The highest BCUT2D eigenvalue weighted by Crippen LogP contribution is 2.20. The first-order valence-corrected chi connectivity index (χ1v) is 9.31. The third-order valence-electron chi connectivity index (χ3n) is 4.60. The van der Waals surface area contributed by atoms with Gasteiger partial charge in [0.2, 0.25) is 5.91 Å². The number of ether oxygens (including phenoxy) is 1. The fourth-order valence-corrected chi connectivity index (χ4v) is 2.99. The number of likely N-dealkylation sites (tertiary alicyclic amines) is 1. The van der Waals surface area contributed by atoms with Crippen molar-refractivity contribution < 1.29 is 14.3 Å². The zero-order chi connectivity index (χ0) is 18.8. The molecule has 1 heterocycles. The summed E-state index contributed by atoms with van der Waals surface area (Å²) in [6.07, 6.45) is 3.91. The van der Waals surface area contributed by atoms with Gasteiger partial charge >= 0.3 is 5.97 Å². The van der Waals surface area contributed by atoms with E-state index >= 15 is 0 Å². The van der Waals surface area contributed by atoms with Crippen LogP contribution in [0.25, 0.3) is 0 Å². The van der Waals surface area contributed by atoms with Crippen molar-refractivity contribution in [3.8, 4) is 6.07 Å². The van der Waals surface area contributed by atoms with Crippen molar-refractivity contribution in [2.45, 2.75) is 39.0 Å². The predicted molar refractivity (Wildman–Crippen MR) is 99.7 cm³/mol. The number of amides is 1. The number of hydrogen-bond donors (Lipinski definition) is 1. The Morgan fingerprint density at radius 2 is 2.12 bits per heavy atom. The van der Waals surface area contributed by atoms with E-state index in [1.165, 1.54) is 0 Å². The Labute approximate surface area is 155 Å². The molecule has 26 heavy (non-hydrogen) atoms. The van der Waals surface area contributed by atoms with Crippen molar-refractivity contribution in [1.82, 2.24) is 4.90 Å². The van der Waals surface area contributed by atoms with Crippen molar-refractivity contribution in [2.75, 3.05) is 31.6 Å². The maximum absolute atomic E-state index is 12.5. The van der Waals surface area contributed by atoms with Gasteiger partial charge in [0.05, 0.1) is 18.2 Å². The molecule has 2 rings (SSSR count). The zero-order valence-corrected chi connectivity index (χ0v) is 15.4.